The minimum atomic E-state index is -4.57. The van der Waals surface area contributed by atoms with Gasteiger partial charge in [0.2, 0.25) is 5.91 Å². The fourth-order valence-electron chi connectivity index (χ4n) is 1.90. The fourth-order valence-corrected chi connectivity index (χ4v) is 3.44. The number of hydrogen-bond acceptors (Lipinski definition) is 7. The van der Waals surface area contributed by atoms with Gasteiger partial charge >= 0.3 is 12.3 Å². The number of amides is 2. The second kappa shape index (κ2) is 9.60. The molecular weight excluding hydrogens is 407 g/mol. The maximum Gasteiger partial charge on any atom is 0.422 e. The van der Waals surface area contributed by atoms with Crippen LogP contribution >= 0.6 is 23.1 Å². The minimum Gasteiger partial charge on any atom is -0.440 e. The van der Waals surface area contributed by atoms with E-state index in [-0.39, 0.29) is 13.0 Å². The first-order chi connectivity index (χ1) is 12.8. The topological polar surface area (TPSA) is 112 Å². The van der Waals surface area contributed by atoms with Crippen molar-refractivity contribution in [3.05, 3.63) is 17.5 Å². The summed E-state index contributed by atoms with van der Waals surface area (Å²) < 4.78 is 41.6. The molecule has 8 nitrogen and oxygen atoms in total. The molecule has 2 heterocycles. The van der Waals surface area contributed by atoms with E-state index in [0.29, 0.717) is 23.3 Å². The third-order valence-corrected chi connectivity index (χ3v) is 4.84. The number of thioether (sulfide) groups is 1. The highest BCUT2D eigenvalue weighted by molar-refractivity contribution is 7.99. The average molecular weight is 423 g/mol. The molecule has 0 radical (unpaired) electrons. The first-order valence-corrected chi connectivity index (χ1v) is 9.48. The molecule has 0 saturated heterocycles. The normalized spacial score (nSPS) is 11.4. The van der Waals surface area contributed by atoms with Crippen LogP contribution in [-0.2, 0) is 16.1 Å². The van der Waals surface area contributed by atoms with Gasteiger partial charge in [-0.1, -0.05) is 17.8 Å². The molecule has 2 aromatic rings. The maximum absolute atomic E-state index is 12.0. The van der Waals surface area contributed by atoms with E-state index in [0.717, 1.165) is 4.88 Å². The van der Waals surface area contributed by atoms with Crippen LogP contribution in [-0.4, -0.2) is 51.8 Å². The van der Waals surface area contributed by atoms with Crippen LogP contribution in [0.1, 0.15) is 6.42 Å². The number of ether oxygens (including phenoxy) is 1. The number of primary amides is 1. The van der Waals surface area contributed by atoms with E-state index in [9.17, 15) is 22.8 Å². The lowest BCUT2D eigenvalue weighted by Gasteiger charge is -2.10. The van der Waals surface area contributed by atoms with Crippen molar-refractivity contribution in [2.75, 3.05) is 18.9 Å². The zero-order chi connectivity index (χ0) is 19.9. The summed E-state index contributed by atoms with van der Waals surface area (Å²) in [4.78, 5) is 23.1. The molecular formula is C14H16F3N5O3S2. The molecule has 0 atom stereocenters. The van der Waals surface area contributed by atoms with Crippen molar-refractivity contribution in [2.45, 2.75) is 24.3 Å². The minimum absolute atomic E-state index is 0.0678. The second-order valence-electron chi connectivity index (χ2n) is 5.12. The lowest BCUT2D eigenvalue weighted by molar-refractivity contribution is -0.160. The van der Waals surface area contributed by atoms with Gasteiger partial charge in [-0.15, -0.1) is 21.5 Å². The number of nitrogens with zero attached hydrogens (tertiary/aromatic N) is 3. The van der Waals surface area contributed by atoms with Gasteiger partial charge in [-0.2, -0.15) is 13.2 Å². The molecule has 0 aromatic carbocycles. The molecule has 3 N–H and O–H groups in total. The zero-order valence-electron chi connectivity index (χ0n) is 13.9. The van der Waals surface area contributed by atoms with Gasteiger partial charge in [-0.05, 0) is 11.4 Å². The number of thiophene rings is 1. The molecule has 0 bridgehead atoms. The van der Waals surface area contributed by atoms with Gasteiger partial charge in [0.15, 0.2) is 17.6 Å². The van der Waals surface area contributed by atoms with Gasteiger partial charge in [0.25, 0.3) is 0 Å². The number of aromatic nitrogens is 3. The molecule has 2 amide bonds. The van der Waals surface area contributed by atoms with E-state index in [1.54, 1.807) is 4.57 Å². The van der Waals surface area contributed by atoms with Gasteiger partial charge in [-0.25, -0.2) is 4.79 Å². The molecule has 0 unspecified atom stereocenters. The van der Waals surface area contributed by atoms with E-state index in [2.05, 4.69) is 20.3 Å². The SMILES string of the molecule is NC(=O)CCn1c(SCCNC(=O)OCC(F)(F)F)nnc1-c1cccs1. The maximum atomic E-state index is 12.0. The smallest absolute Gasteiger partial charge is 0.422 e. The number of alkyl halides is 3. The van der Waals surface area contributed by atoms with Crippen LogP contribution in [0.2, 0.25) is 0 Å². The molecule has 27 heavy (non-hydrogen) atoms. The number of nitrogens with one attached hydrogen (secondary N) is 1. The molecule has 13 heteroatoms. The molecule has 0 saturated carbocycles. The average Bonchev–Trinajstić information content (AvgIpc) is 3.23. The third-order valence-electron chi connectivity index (χ3n) is 3.01. The molecule has 0 aliphatic rings. The molecule has 2 rings (SSSR count). The van der Waals surface area contributed by atoms with Crippen molar-refractivity contribution in [1.29, 1.82) is 0 Å². The molecule has 0 spiro atoms. The Morgan fingerprint density at radius 2 is 2.15 bits per heavy atom. The Labute approximate surface area is 160 Å². The van der Waals surface area contributed by atoms with Crippen LogP contribution in [0.15, 0.2) is 22.7 Å². The third kappa shape index (κ3) is 7.09. The summed E-state index contributed by atoms with van der Waals surface area (Å²) >= 11 is 2.70. The quantitative estimate of drug-likeness (QED) is 0.473. The number of hydrogen-bond donors (Lipinski definition) is 2. The Bertz CT molecular complexity index is 765. The Morgan fingerprint density at radius 3 is 2.78 bits per heavy atom. The Morgan fingerprint density at radius 1 is 1.37 bits per heavy atom. The van der Waals surface area contributed by atoms with E-state index in [4.69, 9.17) is 5.73 Å². The van der Waals surface area contributed by atoms with Crippen molar-refractivity contribution in [3.8, 4) is 10.7 Å². The molecule has 148 valence electrons. The van der Waals surface area contributed by atoms with E-state index >= 15 is 0 Å². The van der Waals surface area contributed by atoms with Crippen molar-refractivity contribution in [1.82, 2.24) is 20.1 Å². The van der Waals surface area contributed by atoms with Crippen LogP contribution in [0.25, 0.3) is 10.7 Å². The van der Waals surface area contributed by atoms with Gasteiger partial charge in [0.1, 0.15) is 0 Å². The molecule has 0 aliphatic heterocycles. The lowest BCUT2D eigenvalue weighted by atomic mass is 10.4. The number of carbonyl (C=O) groups excluding carboxylic acids is 2. The summed E-state index contributed by atoms with van der Waals surface area (Å²) in [6.45, 7) is -1.28. The van der Waals surface area contributed by atoms with Gasteiger partial charge in [0.05, 0.1) is 4.88 Å². The summed E-state index contributed by atoms with van der Waals surface area (Å²) in [6, 6.07) is 3.72. The summed E-state index contributed by atoms with van der Waals surface area (Å²) in [5.41, 5.74) is 5.20. The first-order valence-electron chi connectivity index (χ1n) is 7.62. The lowest BCUT2D eigenvalue weighted by Crippen LogP contribution is -2.30. The van der Waals surface area contributed by atoms with Crippen LogP contribution in [0, 0.1) is 0 Å². The largest absolute Gasteiger partial charge is 0.440 e. The van der Waals surface area contributed by atoms with Crippen molar-refractivity contribution in [2.24, 2.45) is 5.73 Å². The monoisotopic (exact) mass is 423 g/mol. The predicted octanol–water partition coefficient (Wildman–Crippen LogP) is 2.26. The van der Waals surface area contributed by atoms with Crippen LogP contribution in [0.3, 0.4) is 0 Å². The highest BCUT2D eigenvalue weighted by Gasteiger charge is 2.29. The van der Waals surface area contributed by atoms with Crippen LogP contribution < -0.4 is 11.1 Å². The van der Waals surface area contributed by atoms with E-state index < -0.39 is 24.8 Å². The van der Waals surface area contributed by atoms with E-state index in [1.165, 1.54) is 23.1 Å². The van der Waals surface area contributed by atoms with Gasteiger partial charge < -0.3 is 20.4 Å². The van der Waals surface area contributed by atoms with Crippen molar-refractivity contribution in [3.63, 3.8) is 0 Å². The summed E-state index contributed by atoms with van der Waals surface area (Å²) in [7, 11) is 0. The van der Waals surface area contributed by atoms with Crippen molar-refractivity contribution >= 4 is 35.1 Å². The van der Waals surface area contributed by atoms with Crippen LogP contribution in [0.5, 0.6) is 0 Å². The van der Waals surface area contributed by atoms with Gasteiger partial charge in [0, 0.05) is 25.3 Å². The fraction of sp³-hybridized carbons (Fsp3) is 0.429. The molecule has 2 aromatic heterocycles. The summed E-state index contributed by atoms with van der Waals surface area (Å²) in [5, 5.41) is 12.8. The zero-order valence-corrected chi connectivity index (χ0v) is 15.5. The molecule has 0 fully saturated rings. The van der Waals surface area contributed by atoms with Crippen molar-refractivity contribution < 1.29 is 27.5 Å². The Kier molecular flexibility index (Phi) is 7.47. The second-order valence-corrected chi connectivity index (χ2v) is 7.13. The summed E-state index contributed by atoms with van der Waals surface area (Å²) in [6.07, 6.45) is -5.62. The first kappa shape index (κ1) is 21.0. The number of alkyl carbamates (subject to hydrolysis) is 1. The number of halogens is 3. The molecule has 0 aliphatic carbocycles. The Balaban J connectivity index is 1.90. The van der Waals surface area contributed by atoms with Crippen LogP contribution in [0.4, 0.5) is 18.0 Å². The predicted molar refractivity (Wildman–Crippen MR) is 93.3 cm³/mol. The van der Waals surface area contributed by atoms with E-state index in [1.807, 2.05) is 17.5 Å². The highest BCUT2D eigenvalue weighted by Crippen LogP contribution is 2.27. The highest BCUT2D eigenvalue weighted by atomic mass is 32.2. The number of carbonyl (C=O) groups is 2. The number of nitrogens with two attached hydrogens (primary N) is 1. The summed E-state index contributed by atoms with van der Waals surface area (Å²) in [5.74, 6) is 0.442. The van der Waals surface area contributed by atoms with Gasteiger partial charge in [-0.3, -0.25) is 4.79 Å². The number of rotatable bonds is 9. The standard InChI is InChI=1S/C14H16F3N5O3S2/c15-14(16,17)8-25-13(24)19-4-7-27-12-21-20-11(9-2-1-6-26-9)22(12)5-3-10(18)23/h1-2,6H,3-5,7-8H2,(H2,18,23)(H,19,24). The Hall–Kier alpha value is -2.28.